The van der Waals surface area contributed by atoms with Gasteiger partial charge in [-0.1, -0.05) is 30.3 Å². The zero-order chi connectivity index (χ0) is 17.5. The van der Waals surface area contributed by atoms with Gasteiger partial charge in [0.15, 0.2) is 0 Å². The maximum Gasteiger partial charge on any atom is 0.216 e. The molecule has 0 bridgehead atoms. The van der Waals surface area contributed by atoms with E-state index in [0.29, 0.717) is 13.2 Å². The molecule has 1 heterocycles. The van der Waals surface area contributed by atoms with Gasteiger partial charge >= 0.3 is 0 Å². The van der Waals surface area contributed by atoms with Crippen molar-refractivity contribution in [1.82, 2.24) is 14.9 Å². The van der Waals surface area contributed by atoms with Crippen molar-refractivity contribution in [2.75, 3.05) is 13.2 Å². The molecule has 0 aliphatic heterocycles. The number of aryl methyl sites for hydroxylation is 1. The Balaban J connectivity index is 1.68. The Bertz CT molecular complexity index is 827. The Labute approximate surface area is 147 Å². The minimum atomic E-state index is 0.00441. The first-order chi connectivity index (χ1) is 12.2. The summed E-state index contributed by atoms with van der Waals surface area (Å²) in [5.41, 5.74) is 2.12. The molecule has 0 unspecified atom stereocenters. The quantitative estimate of drug-likeness (QED) is 0.642. The predicted octanol–water partition coefficient (Wildman–Crippen LogP) is 3.18. The molecule has 2 aromatic carbocycles. The van der Waals surface area contributed by atoms with Crippen molar-refractivity contribution in [3.05, 3.63) is 60.4 Å². The van der Waals surface area contributed by atoms with Gasteiger partial charge in [0, 0.05) is 19.9 Å². The van der Waals surface area contributed by atoms with Gasteiger partial charge in [0.2, 0.25) is 5.91 Å². The van der Waals surface area contributed by atoms with E-state index in [1.54, 1.807) is 0 Å². The maximum atomic E-state index is 11.0. The number of carbonyl (C=O) groups excluding carboxylic acids is 1. The van der Waals surface area contributed by atoms with Gasteiger partial charge < -0.3 is 14.6 Å². The van der Waals surface area contributed by atoms with E-state index in [1.807, 2.05) is 48.5 Å². The number of rotatable bonds is 8. The third-order valence-corrected chi connectivity index (χ3v) is 4.01. The van der Waals surface area contributed by atoms with Crippen LogP contribution in [0.4, 0.5) is 0 Å². The summed E-state index contributed by atoms with van der Waals surface area (Å²) in [6.07, 6.45) is 1.68. The minimum Gasteiger partial charge on any atom is -0.492 e. The van der Waals surface area contributed by atoms with Crippen molar-refractivity contribution < 1.29 is 9.53 Å². The van der Waals surface area contributed by atoms with Crippen LogP contribution in [0.2, 0.25) is 0 Å². The van der Waals surface area contributed by atoms with Gasteiger partial charge in [-0.2, -0.15) is 0 Å². The molecule has 1 aromatic heterocycles. The standard InChI is InChI=1S/C20H23N3O2/c1-16(24)21-13-7-12-20-22-18-10-5-6-11-19(18)23(20)14-15-25-17-8-3-2-4-9-17/h2-6,8-11H,7,12-15H2,1H3,(H,21,24). The van der Waals surface area contributed by atoms with E-state index in [2.05, 4.69) is 16.0 Å². The molecule has 0 saturated carbocycles. The summed E-state index contributed by atoms with van der Waals surface area (Å²) in [6, 6.07) is 18.0. The van der Waals surface area contributed by atoms with Crippen LogP contribution in [0.5, 0.6) is 5.75 Å². The second-order valence-electron chi connectivity index (χ2n) is 5.92. The van der Waals surface area contributed by atoms with Crippen LogP contribution in [0.15, 0.2) is 54.6 Å². The fourth-order valence-electron chi connectivity index (χ4n) is 2.85. The monoisotopic (exact) mass is 337 g/mol. The summed E-state index contributed by atoms with van der Waals surface area (Å²) in [5, 5.41) is 2.83. The van der Waals surface area contributed by atoms with E-state index >= 15 is 0 Å². The maximum absolute atomic E-state index is 11.0. The molecule has 130 valence electrons. The lowest BCUT2D eigenvalue weighted by Gasteiger charge is -2.11. The molecule has 0 radical (unpaired) electrons. The van der Waals surface area contributed by atoms with E-state index < -0.39 is 0 Å². The number of nitrogens with one attached hydrogen (secondary N) is 1. The van der Waals surface area contributed by atoms with E-state index in [9.17, 15) is 4.79 Å². The van der Waals surface area contributed by atoms with Crippen LogP contribution >= 0.6 is 0 Å². The Morgan fingerprint density at radius 2 is 1.88 bits per heavy atom. The number of ether oxygens (including phenoxy) is 1. The summed E-state index contributed by atoms with van der Waals surface area (Å²) in [6.45, 7) is 3.53. The van der Waals surface area contributed by atoms with Gasteiger partial charge in [-0.05, 0) is 30.7 Å². The molecule has 0 aliphatic carbocycles. The number of fused-ring (bicyclic) bond motifs is 1. The first-order valence-electron chi connectivity index (χ1n) is 8.60. The largest absolute Gasteiger partial charge is 0.492 e. The third-order valence-electron chi connectivity index (χ3n) is 4.01. The van der Waals surface area contributed by atoms with Gasteiger partial charge in [-0.15, -0.1) is 0 Å². The van der Waals surface area contributed by atoms with E-state index in [4.69, 9.17) is 9.72 Å². The molecule has 5 nitrogen and oxygen atoms in total. The summed E-state index contributed by atoms with van der Waals surface area (Å²) < 4.78 is 8.05. The lowest BCUT2D eigenvalue weighted by atomic mass is 10.3. The highest BCUT2D eigenvalue weighted by atomic mass is 16.5. The molecular formula is C20H23N3O2. The Morgan fingerprint density at radius 3 is 2.68 bits per heavy atom. The number of para-hydroxylation sites is 3. The van der Waals surface area contributed by atoms with Crippen LogP contribution < -0.4 is 10.1 Å². The summed E-state index contributed by atoms with van der Waals surface area (Å²) in [5.74, 6) is 1.91. The van der Waals surface area contributed by atoms with E-state index in [-0.39, 0.29) is 5.91 Å². The predicted molar refractivity (Wildman–Crippen MR) is 98.7 cm³/mol. The van der Waals surface area contributed by atoms with Crippen molar-refractivity contribution in [3.63, 3.8) is 0 Å². The normalized spacial score (nSPS) is 10.8. The number of nitrogens with zero attached hydrogens (tertiary/aromatic N) is 2. The molecule has 0 spiro atoms. The Hall–Kier alpha value is -2.82. The molecule has 0 atom stereocenters. The summed E-state index contributed by atoms with van der Waals surface area (Å²) in [4.78, 5) is 15.7. The molecule has 5 heteroatoms. The molecule has 0 aliphatic rings. The number of amides is 1. The number of benzene rings is 2. The molecule has 0 saturated heterocycles. The van der Waals surface area contributed by atoms with Crippen LogP contribution in [0.1, 0.15) is 19.2 Å². The van der Waals surface area contributed by atoms with Crippen molar-refractivity contribution in [2.24, 2.45) is 0 Å². The van der Waals surface area contributed by atoms with E-state index in [0.717, 1.165) is 42.0 Å². The molecule has 3 aromatic rings. The molecule has 1 amide bonds. The zero-order valence-electron chi connectivity index (χ0n) is 14.4. The topological polar surface area (TPSA) is 56.2 Å². The lowest BCUT2D eigenvalue weighted by molar-refractivity contribution is -0.118. The van der Waals surface area contributed by atoms with Gasteiger partial charge in [0.1, 0.15) is 18.2 Å². The first kappa shape index (κ1) is 17.0. The van der Waals surface area contributed by atoms with Crippen molar-refractivity contribution in [1.29, 1.82) is 0 Å². The molecular weight excluding hydrogens is 314 g/mol. The average Bonchev–Trinajstić information content (AvgIpc) is 2.97. The van der Waals surface area contributed by atoms with Gasteiger partial charge in [-0.3, -0.25) is 4.79 Å². The fraction of sp³-hybridized carbons (Fsp3) is 0.300. The molecule has 1 N–H and O–H groups in total. The highest BCUT2D eigenvalue weighted by molar-refractivity contribution is 5.76. The lowest BCUT2D eigenvalue weighted by Crippen LogP contribution is -2.21. The van der Waals surface area contributed by atoms with Crippen LogP contribution in [-0.4, -0.2) is 28.6 Å². The smallest absolute Gasteiger partial charge is 0.216 e. The van der Waals surface area contributed by atoms with Gasteiger partial charge in [0.25, 0.3) is 0 Å². The zero-order valence-corrected chi connectivity index (χ0v) is 14.4. The minimum absolute atomic E-state index is 0.00441. The second-order valence-corrected chi connectivity index (χ2v) is 5.92. The molecule has 25 heavy (non-hydrogen) atoms. The summed E-state index contributed by atoms with van der Waals surface area (Å²) in [7, 11) is 0. The van der Waals surface area contributed by atoms with E-state index in [1.165, 1.54) is 6.92 Å². The highest BCUT2D eigenvalue weighted by Crippen LogP contribution is 2.17. The average molecular weight is 337 g/mol. The van der Waals surface area contributed by atoms with Crippen LogP contribution in [0, 0.1) is 0 Å². The SMILES string of the molecule is CC(=O)NCCCc1nc2ccccc2n1CCOc1ccccc1. The number of imidazole rings is 1. The van der Waals surface area contributed by atoms with Crippen molar-refractivity contribution >= 4 is 16.9 Å². The number of carbonyl (C=O) groups is 1. The fourth-order valence-corrected chi connectivity index (χ4v) is 2.85. The van der Waals surface area contributed by atoms with Gasteiger partial charge in [-0.25, -0.2) is 4.98 Å². The van der Waals surface area contributed by atoms with Crippen LogP contribution in [0.25, 0.3) is 11.0 Å². The number of hydrogen-bond acceptors (Lipinski definition) is 3. The summed E-state index contributed by atoms with van der Waals surface area (Å²) >= 11 is 0. The first-order valence-corrected chi connectivity index (χ1v) is 8.60. The second kappa shape index (κ2) is 8.33. The van der Waals surface area contributed by atoms with Crippen molar-refractivity contribution in [3.8, 4) is 5.75 Å². The van der Waals surface area contributed by atoms with Gasteiger partial charge in [0.05, 0.1) is 17.6 Å². The number of hydrogen-bond donors (Lipinski definition) is 1. The molecule has 3 rings (SSSR count). The Kier molecular flexibility index (Phi) is 5.67. The Morgan fingerprint density at radius 1 is 1.12 bits per heavy atom. The molecule has 0 fully saturated rings. The van der Waals surface area contributed by atoms with Crippen LogP contribution in [0.3, 0.4) is 0 Å². The number of aromatic nitrogens is 2. The van der Waals surface area contributed by atoms with Crippen LogP contribution in [-0.2, 0) is 17.8 Å². The highest BCUT2D eigenvalue weighted by Gasteiger charge is 2.10. The van der Waals surface area contributed by atoms with Crippen molar-refractivity contribution in [2.45, 2.75) is 26.3 Å². The third kappa shape index (κ3) is 4.59.